The summed E-state index contributed by atoms with van der Waals surface area (Å²) in [7, 11) is 1.62. The van der Waals surface area contributed by atoms with Crippen molar-refractivity contribution in [2.24, 2.45) is 0 Å². The minimum Gasteiger partial charge on any atom is -0.497 e. The maximum Gasteiger partial charge on any atom is 0.263 e. The van der Waals surface area contributed by atoms with Crippen molar-refractivity contribution in [3.8, 4) is 16.3 Å². The molecule has 1 heterocycles. The van der Waals surface area contributed by atoms with Gasteiger partial charge in [0.2, 0.25) is 0 Å². The largest absolute Gasteiger partial charge is 0.497 e. The van der Waals surface area contributed by atoms with E-state index in [2.05, 4.69) is 10.3 Å². The van der Waals surface area contributed by atoms with E-state index in [9.17, 15) is 4.79 Å². The van der Waals surface area contributed by atoms with E-state index in [1.807, 2.05) is 31.2 Å². The zero-order valence-electron chi connectivity index (χ0n) is 12.7. The van der Waals surface area contributed by atoms with Gasteiger partial charge >= 0.3 is 0 Å². The van der Waals surface area contributed by atoms with Crippen LogP contribution < -0.4 is 10.1 Å². The SMILES string of the molecule is COc1ccc(-c2ncc(C(=O)NC(C)CCCO)s2)cc1. The monoisotopic (exact) mass is 320 g/mol. The lowest BCUT2D eigenvalue weighted by atomic mass is 10.2. The summed E-state index contributed by atoms with van der Waals surface area (Å²) in [6.45, 7) is 2.07. The van der Waals surface area contributed by atoms with Gasteiger partial charge in [-0.25, -0.2) is 4.98 Å². The molecule has 0 aliphatic carbocycles. The van der Waals surface area contributed by atoms with Crippen LogP contribution in [0.1, 0.15) is 29.4 Å². The first-order valence-corrected chi connectivity index (χ1v) is 7.97. The molecule has 2 N–H and O–H groups in total. The van der Waals surface area contributed by atoms with Gasteiger partial charge in [0.15, 0.2) is 0 Å². The number of aromatic nitrogens is 1. The molecule has 22 heavy (non-hydrogen) atoms. The standard InChI is InChI=1S/C16H20N2O3S/c1-11(4-3-9-19)18-15(20)14-10-17-16(22-14)12-5-7-13(21-2)8-6-12/h5-8,10-11,19H,3-4,9H2,1-2H3,(H,18,20). The zero-order chi connectivity index (χ0) is 15.9. The quantitative estimate of drug-likeness (QED) is 0.823. The van der Waals surface area contributed by atoms with Crippen molar-refractivity contribution in [3.63, 3.8) is 0 Å². The number of hydrogen-bond donors (Lipinski definition) is 2. The Morgan fingerprint density at radius 2 is 2.14 bits per heavy atom. The van der Waals surface area contributed by atoms with Crippen LogP contribution >= 0.6 is 11.3 Å². The smallest absolute Gasteiger partial charge is 0.263 e. The molecule has 2 aromatic rings. The van der Waals surface area contributed by atoms with Crippen molar-refractivity contribution in [1.82, 2.24) is 10.3 Å². The van der Waals surface area contributed by atoms with Crippen LogP contribution in [0.15, 0.2) is 30.5 Å². The van der Waals surface area contributed by atoms with Crippen molar-refractivity contribution in [1.29, 1.82) is 0 Å². The molecule has 1 aromatic heterocycles. The van der Waals surface area contributed by atoms with Crippen molar-refractivity contribution >= 4 is 17.2 Å². The second kappa shape index (κ2) is 7.91. The summed E-state index contributed by atoms with van der Waals surface area (Å²) in [6, 6.07) is 7.61. The van der Waals surface area contributed by atoms with Gasteiger partial charge in [-0.3, -0.25) is 4.79 Å². The molecule has 0 fully saturated rings. The number of nitrogens with zero attached hydrogens (tertiary/aromatic N) is 1. The molecule has 5 nitrogen and oxygen atoms in total. The third-order valence-corrected chi connectivity index (χ3v) is 4.28. The van der Waals surface area contributed by atoms with Gasteiger partial charge in [0.1, 0.15) is 15.6 Å². The molecule has 0 aliphatic rings. The molecule has 1 amide bonds. The Hall–Kier alpha value is -1.92. The lowest BCUT2D eigenvalue weighted by Gasteiger charge is -2.11. The van der Waals surface area contributed by atoms with E-state index in [0.29, 0.717) is 11.3 Å². The Balaban J connectivity index is 2.02. The number of aliphatic hydroxyl groups is 1. The van der Waals surface area contributed by atoms with Gasteiger partial charge in [-0.1, -0.05) is 0 Å². The lowest BCUT2D eigenvalue weighted by molar-refractivity contribution is 0.0940. The number of aliphatic hydroxyl groups excluding tert-OH is 1. The van der Waals surface area contributed by atoms with Crippen LogP contribution in [-0.4, -0.2) is 35.8 Å². The highest BCUT2D eigenvalue weighted by atomic mass is 32.1. The molecule has 2 rings (SSSR count). The van der Waals surface area contributed by atoms with Crippen molar-refractivity contribution in [2.75, 3.05) is 13.7 Å². The molecule has 0 radical (unpaired) electrons. The highest BCUT2D eigenvalue weighted by Gasteiger charge is 2.14. The van der Waals surface area contributed by atoms with Crippen molar-refractivity contribution in [3.05, 3.63) is 35.3 Å². The first kappa shape index (κ1) is 16.5. The van der Waals surface area contributed by atoms with E-state index in [0.717, 1.165) is 22.7 Å². The molecule has 0 saturated heterocycles. The molecular weight excluding hydrogens is 300 g/mol. The van der Waals surface area contributed by atoms with Crippen molar-refractivity contribution in [2.45, 2.75) is 25.8 Å². The molecule has 118 valence electrons. The minimum atomic E-state index is -0.122. The molecule has 0 bridgehead atoms. The van der Waals surface area contributed by atoms with Gasteiger partial charge in [-0.2, -0.15) is 0 Å². The summed E-state index contributed by atoms with van der Waals surface area (Å²) in [5, 5.41) is 12.5. The van der Waals surface area contributed by atoms with Crippen LogP contribution in [0.2, 0.25) is 0 Å². The molecular formula is C16H20N2O3S. The van der Waals surface area contributed by atoms with Crippen LogP contribution in [0.4, 0.5) is 0 Å². The summed E-state index contributed by atoms with van der Waals surface area (Å²) in [4.78, 5) is 17.0. The second-order valence-electron chi connectivity index (χ2n) is 5.00. The van der Waals surface area contributed by atoms with Gasteiger partial charge in [-0.15, -0.1) is 11.3 Å². The van der Waals surface area contributed by atoms with Crippen molar-refractivity contribution < 1.29 is 14.6 Å². The number of carbonyl (C=O) groups is 1. The van der Waals surface area contributed by atoms with E-state index in [1.165, 1.54) is 11.3 Å². The third kappa shape index (κ3) is 4.29. The predicted octanol–water partition coefficient (Wildman–Crippen LogP) is 2.71. The average molecular weight is 320 g/mol. The Morgan fingerprint density at radius 1 is 1.41 bits per heavy atom. The Bertz CT molecular complexity index is 610. The zero-order valence-corrected chi connectivity index (χ0v) is 13.5. The van der Waals surface area contributed by atoms with E-state index in [1.54, 1.807) is 13.3 Å². The number of ether oxygens (including phenoxy) is 1. The Labute approximate surface area is 134 Å². The van der Waals surface area contributed by atoms with Gasteiger partial charge in [0.05, 0.1) is 13.3 Å². The summed E-state index contributed by atoms with van der Waals surface area (Å²) in [6.07, 6.45) is 3.03. The number of carbonyl (C=O) groups excluding carboxylic acids is 1. The molecule has 1 unspecified atom stereocenters. The number of hydrogen-bond acceptors (Lipinski definition) is 5. The van der Waals surface area contributed by atoms with Gasteiger partial charge in [0.25, 0.3) is 5.91 Å². The fourth-order valence-electron chi connectivity index (χ4n) is 2.01. The average Bonchev–Trinajstić information content (AvgIpc) is 3.03. The van der Waals surface area contributed by atoms with Gasteiger partial charge in [-0.05, 0) is 44.0 Å². The van der Waals surface area contributed by atoms with E-state index in [4.69, 9.17) is 9.84 Å². The maximum absolute atomic E-state index is 12.1. The lowest BCUT2D eigenvalue weighted by Crippen LogP contribution is -2.32. The number of nitrogens with one attached hydrogen (secondary N) is 1. The molecule has 0 saturated carbocycles. The summed E-state index contributed by atoms with van der Waals surface area (Å²) in [5.74, 6) is 0.665. The minimum absolute atomic E-state index is 0.0335. The number of thiazole rings is 1. The van der Waals surface area contributed by atoms with Gasteiger partial charge in [0, 0.05) is 18.2 Å². The topological polar surface area (TPSA) is 71.5 Å². The van der Waals surface area contributed by atoms with Gasteiger partial charge < -0.3 is 15.2 Å². The molecule has 1 aromatic carbocycles. The first-order chi connectivity index (χ1) is 10.6. The van der Waals surface area contributed by atoms with Crippen LogP contribution in [0.5, 0.6) is 5.75 Å². The number of benzene rings is 1. The summed E-state index contributed by atoms with van der Waals surface area (Å²) < 4.78 is 5.13. The normalized spacial score (nSPS) is 12.0. The molecule has 1 atom stereocenters. The van der Waals surface area contributed by atoms with Crippen LogP contribution in [0.25, 0.3) is 10.6 Å². The Morgan fingerprint density at radius 3 is 2.77 bits per heavy atom. The van der Waals surface area contributed by atoms with E-state index < -0.39 is 0 Å². The van der Waals surface area contributed by atoms with E-state index in [-0.39, 0.29) is 18.6 Å². The molecule has 0 spiro atoms. The summed E-state index contributed by atoms with van der Waals surface area (Å²) >= 11 is 1.36. The van der Waals surface area contributed by atoms with Crippen LogP contribution in [0, 0.1) is 0 Å². The maximum atomic E-state index is 12.1. The fraction of sp³-hybridized carbons (Fsp3) is 0.375. The number of rotatable bonds is 7. The molecule has 0 aliphatic heterocycles. The third-order valence-electron chi connectivity index (χ3n) is 3.24. The summed E-state index contributed by atoms with van der Waals surface area (Å²) in [5.41, 5.74) is 0.957. The predicted molar refractivity (Wildman–Crippen MR) is 87.4 cm³/mol. The highest BCUT2D eigenvalue weighted by Crippen LogP contribution is 2.26. The first-order valence-electron chi connectivity index (χ1n) is 7.16. The Kier molecular flexibility index (Phi) is 5.91. The molecule has 6 heteroatoms. The number of amides is 1. The van der Waals surface area contributed by atoms with Crippen LogP contribution in [0.3, 0.4) is 0 Å². The highest BCUT2D eigenvalue weighted by molar-refractivity contribution is 7.16. The fourth-order valence-corrected chi connectivity index (χ4v) is 2.84. The second-order valence-corrected chi connectivity index (χ2v) is 6.03. The van der Waals surface area contributed by atoms with E-state index >= 15 is 0 Å². The van der Waals surface area contributed by atoms with Crippen LogP contribution in [-0.2, 0) is 0 Å². The number of methoxy groups -OCH3 is 1.